The Morgan fingerprint density at radius 2 is 2.08 bits per heavy atom. The molecular weight excluding hydrogens is 202 g/mol. The molecule has 0 unspecified atom stereocenters. The highest BCUT2D eigenvalue weighted by Crippen LogP contribution is 2.21. The topological polar surface area (TPSA) is 29.1 Å². The maximum absolute atomic E-state index is 11.3. The Bertz CT molecular complexity index is 284. The Hall–Kier alpha value is -0.610. The summed E-state index contributed by atoms with van der Waals surface area (Å²) in [5, 5.41) is 2.73. The number of thiol groups is 1. The van der Waals surface area contributed by atoms with Gasteiger partial charge in [-0.1, -0.05) is 10.8 Å². The fourth-order valence-electron chi connectivity index (χ4n) is 0.930. The lowest BCUT2D eigenvalue weighted by Gasteiger charge is -2.01. The van der Waals surface area contributed by atoms with Crippen molar-refractivity contribution in [3.05, 3.63) is 29.8 Å². The molecule has 0 aliphatic heterocycles. The molecule has 2 nitrogen and oxygen atoms in total. The Balaban J connectivity index is 2.74. The van der Waals surface area contributed by atoms with Gasteiger partial charge in [0.05, 0.1) is 0 Å². The first kappa shape index (κ1) is 10.5. The average Bonchev–Trinajstić information content (AvgIpc) is 2.18. The molecule has 0 saturated heterocycles. The second kappa shape index (κ2) is 5.19. The van der Waals surface area contributed by atoms with E-state index in [2.05, 4.69) is 17.0 Å². The molecule has 0 bridgehead atoms. The first-order valence-corrected chi connectivity index (χ1v) is 5.84. The van der Waals surface area contributed by atoms with E-state index in [0.29, 0.717) is 12.1 Å². The van der Waals surface area contributed by atoms with Gasteiger partial charge < -0.3 is 5.32 Å². The van der Waals surface area contributed by atoms with E-state index in [1.54, 1.807) is 12.1 Å². The zero-order valence-corrected chi connectivity index (χ0v) is 8.99. The number of amides is 1. The fraction of sp³-hybridized carbons (Fsp3) is 0.222. The molecule has 13 heavy (non-hydrogen) atoms. The van der Waals surface area contributed by atoms with Crippen LogP contribution in [0.15, 0.2) is 29.2 Å². The van der Waals surface area contributed by atoms with Crippen LogP contribution in [0.1, 0.15) is 17.3 Å². The van der Waals surface area contributed by atoms with E-state index in [-0.39, 0.29) is 5.91 Å². The number of carbonyl (C=O) groups excluding carboxylic acids is 1. The number of carbonyl (C=O) groups is 1. The van der Waals surface area contributed by atoms with E-state index >= 15 is 0 Å². The summed E-state index contributed by atoms with van der Waals surface area (Å²) in [6.07, 6.45) is 0. The van der Waals surface area contributed by atoms with Crippen molar-refractivity contribution in [2.24, 2.45) is 0 Å². The molecule has 0 fully saturated rings. The van der Waals surface area contributed by atoms with Crippen molar-refractivity contribution in [2.45, 2.75) is 11.8 Å². The van der Waals surface area contributed by atoms with Crippen LogP contribution in [0.3, 0.4) is 0 Å². The molecule has 1 amide bonds. The highest BCUT2D eigenvalue weighted by Gasteiger charge is 2.02. The predicted molar refractivity (Wildman–Crippen MR) is 59.3 cm³/mol. The van der Waals surface area contributed by atoms with Crippen molar-refractivity contribution in [1.82, 2.24) is 5.32 Å². The summed E-state index contributed by atoms with van der Waals surface area (Å²) in [6.45, 7) is 2.55. The van der Waals surface area contributed by atoms with Crippen molar-refractivity contribution < 1.29 is 4.79 Å². The number of benzene rings is 1. The Kier molecular flexibility index (Phi) is 4.18. The Morgan fingerprint density at radius 1 is 1.46 bits per heavy atom. The summed E-state index contributed by atoms with van der Waals surface area (Å²) < 4.78 is 0. The second-order valence-corrected chi connectivity index (χ2v) is 3.68. The smallest absolute Gasteiger partial charge is 0.251 e. The lowest BCUT2D eigenvalue weighted by atomic mass is 10.2. The summed E-state index contributed by atoms with van der Waals surface area (Å²) in [4.78, 5) is 12.3. The molecule has 0 aliphatic rings. The van der Waals surface area contributed by atoms with E-state index in [1.807, 2.05) is 19.1 Å². The normalized spacial score (nSPS) is 9.69. The van der Waals surface area contributed by atoms with Crippen LogP contribution >= 0.6 is 22.5 Å². The van der Waals surface area contributed by atoms with Gasteiger partial charge in [0.15, 0.2) is 0 Å². The highest BCUT2D eigenvalue weighted by atomic mass is 33.1. The van der Waals surface area contributed by atoms with E-state index < -0.39 is 0 Å². The van der Waals surface area contributed by atoms with Crippen molar-refractivity contribution in [3.63, 3.8) is 0 Å². The zero-order valence-electron chi connectivity index (χ0n) is 7.28. The third-order valence-electron chi connectivity index (χ3n) is 1.56. The van der Waals surface area contributed by atoms with Crippen molar-refractivity contribution in [3.8, 4) is 0 Å². The first-order chi connectivity index (χ1) is 6.27. The number of hydrogen-bond acceptors (Lipinski definition) is 3. The summed E-state index contributed by atoms with van der Waals surface area (Å²) in [5.41, 5.74) is 0.688. The number of rotatable bonds is 3. The minimum Gasteiger partial charge on any atom is -0.352 e. The lowest BCUT2D eigenvalue weighted by Crippen LogP contribution is -2.22. The molecule has 70 valence electrons. The third kappa shape index (κ3) is 2.97. The predicted octanol–water partition coefficient (Wildman–Crippen LogP) is 2.37. The maximum Gasteiger partial charge on any atom is 0.251 e. The van der Waals surface area contributed by atoms with Crippen molar-refractivity contribution in [1.29, 1.82) is 0 Å². The Morgan fingerprint density at radius 3 is 2.54 bits per heavy atom. The van der Waals surface area contributed by atoms with E-state index in [0.717, 1.165) is 4.90 Å². The molecule has 0 radical (unpaired) electrons. The molecule has 0 spiro atoms. The standard InChI is InChI=1S/C9H11NOS2/c1-2-10-9(11)7-3-5-8(13-12)6-4-7/h3-6,12H,2H2,1H3,(H,10,11). The van der Waals surface area contributed by atoms with E-state index in [9.17, 15) is 4.79 Å². The van der Waals surface area contributed by atoms with Crippen LogP contribution in [0, 0.1) is 0 Å². The molecule has 1 N–H and O–H groups in total. The molecule has 0 aliphatic carbocycles. The van der Waals surface area contributed by atoms with E-state index in [1.165, 1.54) is 10.8 Å². The van der Waals surface area contributed by atoms with Crippen LogP contribution in [-0.2, 0) is 0 Å². The minimum atomic E-state index is -0.0294. The zero-order chi connectivity index (χ0) is 9.68. The number of nitrogens with one attached hydrogen (secondary N) is 1. The van der Waals surface area contributed by atoms with Gasteiger partial charge in [-0.15, -0.1) is 11.7 Å². The van der Waals surface area contributed by atoms with Crippen LogP contribution in [0.4, 0.5) is 0 Å². The van der Waals surface area contributed by atoms with Gasteiger partial charge in [0.2, 0.25) is 0 Å². The third-order valence-corrected chi connectivity index (χ3v) is 2.67. The van der Waals surface area contributed by atoms with Gasteiger partial charge >= 0.3 is 0 Å². The summed E-state index contributed by atoms with van der Waals surface area (Å²) in [7, 11) is 1.37. The van der Waals surface area contributed by atoms with Crippen LogP contribution in [0.25, 0.3) is 0 Å². The molecule has 4 heteroatoms. The van der Waals surface area contributed by atoms with Gasteiger partial charge in [-0.2, -0.15) is 0 Å². The Labute approximate surface area is 86.9 Å². The van der Waals surface area contributed by atoms with Gasteiger partial charge in [-0.3, -0.25) is 4.79 Å². The van der Waals surface area contributed by atoms with Gasteiger partial charge in [0, 0.05) is 17.0 Å². The second-order valence-electron chi connectivity index (χ2n) is 2.48. The molecule has 0 saturated carbocycles. The summed E-state index contributed by atoms with van der Waals surface area (Å²) >= 11 is 4.05. The van der Waals surface area contributed by atoms with Gasteiger partial charge in [-0.05, 0) is 31.2 Å². The minimum absolute atomic E-state index is 0.0294. The summed E-state index contributed by atoms with van der Waals surface area (Å²) in [5.74, 6) is -0.0294. The van der Waals surface area contributed by atoms with Crippen LogP contribution in [0.5, 0.6) is 0 Å². The van der Waals surface area contributed by atoms with Crippen LogP contribution < -0.4 is 5.32 Å². The maximum atomic E-state index is 11.3. The molecule has 0 atom stereocenters. The molecule has 1 aromatic rings. The van der Waals surface area contributed by atoms with Gasteiger partial charge in [0.1, 0.15) is 0 Å². The van der Waals surface area contributed by atoms with Crippen LogP contribution in [0.2, 0.25) is 0 Å². The van der Waals surface area contributed by atoms with Gasteiger partial charge in [0.25, 0.3) is 5.91 Å². The monoisotopic (exact) mass is 213 g/mol. The molecule has 0 heterocycles. The summed E-state index contributed by atoms with van der Waals surface area (Å²) in [6, 6.07) is 7.34. The average molecular weight is 213 g/mol. The van der Waals surface area contributed by atoms with E-state index in [4.69, 9.17) is 0 Å². The fourth-order valence-corrected chi connectivity index (χ4v) is 1.55. The van der Waals surface area contributed by atoms with Crippen LogP contribution in [-0.4, -0.2) is 12.5 Å². The van der Waals surface area contributed by atoms with Crippen molar-refractivity contribution >= 4 is 28.4 Å². The quantitative estimate of drug-likeness (QED) is 0.596. The molecule has 1 aromatic carbocycles. The number of hydrogen-bond donors (Lipinski definition) is 2. The molecular formula is C9H11NOS2. The van der Waals surface area contributed by atoms with Crippen molar-refractivity contribution in [2.75, 3.05) is 6.54 Å². The molecule has 1 rings (SSSR count). The van der Waals surface area contributed by atoms with Gasteiger partial charge in [-0.25, -0.2) is 0 Å². The largest absolute Gasteiger partial charge is 0.352 e. The molecule has 0 aromatic heterocycles. The lowest BCUT2D eigenvalue weighted by molar-refractivity contribution is 0.0956. The SMILES string of the molecule is CCNC(=O)c1ccc(SS)cc1. The first-order valence-electron chi connectivity index (χ1n) is 3.97. The highest BCUT2D eigenvalue weighted by molar-refractivity contribution is 8.68.